The third-order valence-corrected chi connectivity index (χ3v) is 3.44. The molecule has 112 valence electrons. The van der Waals surface area contributed by atoms with Crippen molar-refractivity contribution in [2.75, 3.05) is 13.6 Å². The maximum Gasteiger partial charge on any atom is 0.123 e. The van der Waals surface area contributed by atoms with Crippen LogP contribution in [0.1, 0.15) is 23.6 Å². The summed E-state index contributed by atoms with van der Waals surface area (Å²) < 4.78 is 26.3. The zero-order valence-electron chi connectivity index (χ0n) is 12.1. The van der Waals surface area contributed by atoms with Crippen LogP contribution in [0.15, 0.2) is 48.5 Å². The fourth-order valence-corrected chi connectivity index (χ4v) is 2.29. The van der Waals surface area contributed by atoms with Crippen molar-refractivity contribution < 1.29 is 8.78 Å². The van der Waals surface area contributed by atoms with Gasteiger partial charge in [0.2, 0.25) is 0 Å². The molecule has 0 fully saturated rings. The van der Waals surface area contributed by atoms with E-state index < -0.39 is 0 Å². The smallest absolute Gasteiger partial charge is 0.123 e. The lowest BCUT2D eigenvalue weighted by molar-refractivity contribution is 0.311. The van der Waals surface area contributed by atoms with E-state index in [4.69, 9.17) is 5.73 Å². The number of nitrogens with two attached hydrogens (primary N) is 1. The van der Waals surface area contributed by atoms with Crippen molar-refractivity contribution in [2.45, 2.75) is 19.0 Å². The minimum Gasteiger partial charge on any atom is -0.324 e. The first-order valence-electron chi connectivity index (χ1n) is 6.98. The van der Waals surface area contributed by atoms with E-state index in [1.54, 1.807) is 12.1 Å². The van der Waals surface area contributed by atoms with Gasteiger partial charge in [0, 0.05) is 12.6 Å². The lowest BCUT2D eigenvalue weighted by Crippen LogP contribution is -2.23. The molecule has 2 nitrogen and oxygen atoms in total. The number of rotatable bonds is 6. The van der Waals surface area contributed by atoms with Crippen molar-refractivity contribution in [3.63, 3.8) is 0 Å². The van der Waals surface area contributed by atoms with Crippen LogP contribution in [0, 0.1) is 11.6 Å². The highest BCUT2D eigenvalue weighted by atomic mass is 19.1. The molecule has 1 unspecified atom stereocenters. The molecule has 0 saturated carbocycles. The molecule has 1 atom stereocenters. The highest BCUT2D eigenvalue weighted by Crippen LogP contribution is 2.16. The van der Waals surface area contributed by atoms with Crippen LogP contribution in [-0.2, 0) is 6.54 Å². The van der Waals surface area contributed by atoms with Gasteiger partial charge in [0.25, 0.3) is 0 Å². The molecule has 0 aliphatic rings. The van der Waals surface area contributed by atoms with Gasteiger partial charge in [0.15, 0.2) is 0 Å². The van der Waals surface area contributed by atoms with Gasteiger partial charge in [-0.25, -0.2) is 8.78 Å². The summed E-state index contributed by atoms with van der Waals surface area (Å²) in [4.78, 5) is 2.08. The molecule has 2 rings (SSSR count). The molecule has 0 aliphatic carbocycles. The monoisotopic (exact) mass is 290 g/mol. The van der Waals surface area contributed by atoms with Crippen LogP contribution < -0.4 is 5.73 Å². The van der Waals surface area contributed by atoms with Crippen LogP contribution in [-0.4, -0.2) is 18.5 Å². The van der Waals surface area contributed by atoms with E-state index in [2.05, 4.69) is 4.90 Å². The highest BCUT2D eigenvalue weighted by Gasteiger charge is 2.09. The van der Waals surface area contributed by atoms with Crippen molar-refractivity contribution in [1.29, 1.82) is 0 Å². The van der Waals surface area contributed by atoms with E-state index in [1.807, 2.05) is 19.2 Å². The number of hydrogen-bond donors (Lipinski definition) is 1. The van der Waals surface area contributed by atoms with Gasteiger partial charge in [-0.3, -0.25) is 0 Å². The molecule has 0 aliphatic heterocycles. The summed E-state index contributed by atoms with van der Waals surface area (Å²) in [7, 11) is 1.96. The zero-order chi connectivity index (χ0) is 15.2. The molecule has 0 amide bonds. The van der Waals surface area contributed by atoms with E-state index >= 15 is 0 Å². The Balaban J connectivity index is 1.85. The predicted molar refractivity (Wildman–Crippen MR) is 80.7 cm³/mol. The standard InChI is InChI=1S/C17H20F2N2/c1-21(12-13-4-2-6-15(18)10-13)9-8-17(20)14-5-3-7-16(19)11-14/h2-7,10-11,17H,8-9,12,20H2,1H3. The maximum atomic E-state index is 13.2. The van der Waals surface area contributed by atoms with E-state index in [0.29, 0.717) is 6.54 Å². The first-order chi connectivity index (χ1) is 10.0. The average molecular weight is 290 g/mol. The molecule has 0 bridgehead atoms. The summed E-state index contributed by atoms with van der Waals surface area (Å²) >= 11 is 0. The number of benzene rings is 2. The summed E-state index contributed by atoms with van der Waals surface area (Å²) in [6.45, 7) is 1.42. The second-order valence-electron chi connectivity index (χ2n) is 5.32. The first kappa shape index (κ1) is 15.6. The van der Waals surface area contributed by atoms with Gasteiger partial charge in [0.1, 0.15) is 11.6 Å². The normalized spacial score (nSPS) is 12.6. The van der Waals surface area contributed by atoms with Crippen molar-refractivity contribution in [3.05, 3.63) is 71.3 Å². The first-order valence-corrected chi connectivity index (χ1v) is 6.98. The van der Waals surface area contributed by atoms with Gasteiger partial charge in [-0.05, 0) is 55.4 Å². The Morgan fingerprint density at radius 2 is 1.71 bits per heavy atom. The number of hydrogen-bond acceptors (Lipinski definition) is 2. The fourth-order valence-electron chi connectivity index (χ4n) is 2.29. The lowest BCUT2D eigenvalue weighted by Gasteiger charge is -2.19. The third-order valence-electron chi connectivity index (χ3n) is 3.44. The van der Waals surface area contributed by atoms with Gasteiger partial charge in [-0.15, -0.1) is 0 Å². The highest BCUT2D eigenvalue weighted by molar-refractivity contribution is 5.20. The molecular formula is C17H20F2N2. The van der Waals surface area contributed by atoms with Crippen molar-refractivity contribution in [1.82, 2.24) is 4.90 Å². The fraction of sp³-hybridized carbons (Fsp3) is 0.294. The Bertz CT molecular complexity index is 587. The van der Waals surface area contributed by atoms with Crippen molar-refractivity contribution in [3.8, 4) is 0 Å². The Morgan fingerprint density at radius 1 is 1.05 bits per heavy atom. The molecule has 0 spiro atoms. The van der Waals surface area contributed by atoms with Crippen LogP contribution in [0.4, 0.5) is 8.78 Å². The molecule has 0 radical (unpaired) electrons. The molecule has 4 heteroatoms. The average Bonchev–Trinajstić information content (AvgIpc) is 2.45. The Hall–Kier alpha value is -1.78. The largest absolute Gasteiger partial charge is 0.324 e. The van der Waals surface area contributed by atoms with E-state index in [0.717, 1.165) is 24.1 Å². The van der Waals surface area contributed by atoms with Crippen LogP contribution in [0.2, 0.25) is 0 Å². The molecular weight excluding hydrogens is 270 g/mol. The zero-order valence-corrected chi connectivity index (χ0v) is 12.1. The molecule has 2 N–H and O–H groups in total. The van der Waals surface area contributed by atoms with Gasteiger partial charge in [0.05, 0.1) is 0 Å². The quantitative estimate of drug-likeness (QED) is 0.882. The molecule has 2 aromatic rings. The van der Waals surface area contributed by atoms with Crippen molar-refractivity contribution >= 4 is 0 Å². The van der Waals surface area contributed by atoms with Gasteiger partial charge in [-0.1, -0.05) is 24.3 Å². The summed E-state index contributed by atoms with van der Waals surface area (Å²) in [5, 5.41) is 0. The SMILES string of the molecule is CN(CCC(N)c1cccc(F)c1)Cc1cccc(F)c1. The van der Waals surface area contributed by atoms with Crippen LogP contribution in [0.3, 0.4) is 0 Å². The van der Waals surface area contributed by atoms with Crippen molar-refractivity contribution in [2.24, 2.45) is 5.73 Å². The van der Waals surface area contributed by atoms with Gasteiger partial charge in [-0.2, -0.15) is 0 Å². The second-order valence-corrected chi connectivity index (χ2v) is 5.32. The molecule has 0 saturated heterocycles. The van der Waals surface area contributed by atoms with Crippen LogP contribution in [0.25, 0.3) is 0 Å². The Morgan fingerprint density at radius 3 is 2.38 bits per heavy atom. The number of halogens is 2. The minimum absolute atomic E-state index is 0.198. The maximum absolute atomic E-state index is 13.2. The topological polar surface area (TPSA) is 29.3 Å². The Kier molecular flexibility index (Phi) is 5.42. The van der Waals surface area contributed by atoms with E-state index in [1.165, 1.54) is 24.3 Å². The molecule has 0 heterocycles. The molecule has 0 aromatic heterocycles. The van der Waals surface area contributed by atoms with E-state index in [9.17, 15) is 8.78 Å². The number of nitrogens with zero attached hydrogens (tertiary/aromatic N) is 1. The molecule has 2 aromatic carbocycles. The minimum atomic E-state index is -0.268. The summed E-state index contributed by atoms with van der Waals surface area (Å²) in [6.07, 6.45) is 0.718. The van der Waals surface area contributed by atoms with Crippen LogP contribution >= 0.6 is 0 Å². The Labute approximate surface area is 124 Å². The van der Waals surface area contributed by atoms with Gasteiger partial charge < -0.3 is 10.6 Å². The summed E-state index contributed by atoms with van der Waals surface area (Å²) in [6, 6.07) is 12.7. The molecule has 21 heavy (non-hydrogen) atoms. The van der Waals surface area contributed by atoms with Gasteiger partial charge >= 0.3 is 0 Å². The third kappa shape index (κ3) is 4.92. The van der Waals surface area contributed by atoms with Crippen LogP contribution in [0.5, 0.6) is 0 Å². The summed E-state index contributed by atoms with van der Waals surface area (Å²) in [5.41, 5.74) is 7.80. The predicted octanol–water partition coefficient (Wildman–Crippen LogP) is 3.49. The summed E-state index contributed by atoms with van der Waals surface area (Å²) in [5.74, 6) is -0.492. The second kappa shape index (κ2) is 7.29. The van der Waals surface area contributed by atoms with E-state index in [-0.39, 0.29) is 17.7 Å². The lowest BCUT2D eigenvalue weighted by atomic mass is 10.0.